The summed E-state index contributed by atoms with van der Waals surface area (Å²) in [6, 6.07) is 6.48. The number of esters is 1. The van der Waals surface area contributed by atoms with E-state index in [1.165, 1.54) is 4.57 Å². The van der Waals surface area contributed by atoms with E-state index in [2.05, 4.69) is 4.98 Å². The van der Waals surface area contributed by atoms with Gasteiger partial charge in [0.1, 0.15) is 6.54 Å². The van der Waals surface area contributed by atoms with E-state index in [0.29, 0.717) is 10.9 Å². The summed E-state index contributed by atoms with van der Waals surface area (Å²) in [5, 5.41) is 0.310. The predicted molar refractivity (Wildman–Crippen MR) is 95.9 cm³/mol. The number of ether oxygens (including phenoxy) is 1. The van der Waals surface area contributed by atoms with E-state index in [1.54, 1.807) is 31.2 Å². The van der Waals surface area contributed by atoms with Gasteiger partial charge in [-0.05, 0) is 19.1 Å². The minimum Gasteiger partial charge on any atom is -0.465 e. The van der Waals surface area contributed by atoms with Crippen molar-refractivity contribution in [1.29, 1.82) is 0 Å². The van der Waals surface area contributed by atoms with Crippen LogP contribution in [0.1, 0.15) is 13.3 Å². The number of aryl methyl sites for hydroxylation is 1. The fraction of sp³-hybridized carbons (Fsp3) is 0.353. The molecule has 0 unspecified atom stereocenters. The van der Waals surface area contributed by atoms with Gasteiger partial charge in [0.05, 0.1) is 24.1 Å². The number of nitrogens with two attached hydrogens (primary N) is 1. The Bertz CT molecular complexity index is 977. The molecule has 0 aliphatic carbocycles. The van der Waals surface area contributed by atoms with Gasteiger partial charge in [-0.3, -0.25) is 28.7 Å². The summed E-state index contributed by atoms with van der Waals surface area (Å²) in [5.74, 6) is -2.00. The van der Waals surface area contributed by atoms with E-state index >= 15 is 0 Å². The van der Waals surface area contributed by atoms with Crippen molar-refractivity contribution >= 4 is 28.7 Å². The van der Waals surface area contributed by atoms with Gasteiger partial charge in [-0.15, -0.1) is 0 Å². The maximum atomic E-state index is 12.4. The van der Waals surface area contributed by atoms with Crippen LogP contribution in [0.15, 0.2) is 33.9 Å². The average Bonchev–Trinajstić information content (AvgIpc) is 2.60. The van der Waals surface area contributed by atoms with Crippen molar-refractivity contribution in [2.75, 3.05) is 19.7 Å². The normalized spacial score (nSPS) is 10.6. The van der Waals surface area contributed by atoms with Crippen LogP contribution in [0.25, 0.3) is 10.9 Å². The largest absolute Gasteiger partial charge is 0.465 e. The first-order valence-electron chi connectivity index (χ1n) is 8.27. The lowest BCUT2D eigenvalue weighted by Gasteiger charge is -2.20. The zero-order chi connectivity index (χ0) is 20.0. The minimum absolute atomic E-state index is 0.0486. The van der Waals surface area contributed by atoms with Crippen LogP contribution >= 0.6 is 0 Å². The van der Waals surface area contributed by atoms with Crippen LogP contribution in [0.2, 0.25) is 0 Å². The van der Waals surface area contributed by atoms with Gasteiger partial charge in [0.15, 0.2) is 0 Å². The van der Waals surface area contributed by atoms with Crippen molar-refractivity contribution in [2.24, 2.45) is 5.73 Å². The molecule has 0 radical (unpaired) electrons. The molecule has 2 aromatic rings. The van der Waals surface area contributed by atoms with E-state index in [4.69, 9.17) is 10.5 Å². The summed E-state index contributed by atoms with van der Waals surface area (Å²) < 4.78 is 6.03. The summed E-state index contributed by atoms with van der Waals surface area (Å²) in [4.78, 5) is 62.4. The highest BCUT2D eigenvalue weighted by Crippen LogP contribution is 2.08. The number of carbonyl (C=O) groups excluding carboxylic acids is 3. The molecule has 0 bridgehead atoms. The second kappa shape index (κ2) is 8.79. The second-order valence-corrected chi connectivity index (χ2v) is 5.70. The molecule has 0 spiro atoms. The molecule has 1 aromatic heterocycles. The molecular formula is C17H20N4O6. The number of hydrogen-bond donors (Lipinski definition) is 2. The number of para-hydroxylation sites is 1. The molecule has 1 heterocycles. The number of nitrogens with zero attached hydrogens (tertiary/aromatic N) is 2. The predicted octanol–water partition coefficient (Wildman–Crippen LogP) is -1.04. The summed E-state index contributed by atoms with van der Waals surface area (Å²) in [6.07, 6.45) is -0.178. The van der Waals surface area contributed by atoms with Gasteiger partial charge >= 0.3 is 11.7 Å². The van der Waals surface area contributed by atoms with E-state index in [0.717, 1.165) is 4.90 Å². The Kier molecular flexibility index (Phi) is 6.47. The first kappa shape index (κ1) is 19.9. The zero-order valence-corrected chi connectivity index (χ0v) is 14.8. The lowest BCUT2D eigenvalue weighted by atomic mass is 10.2. The number of benzene rings is 1. The van der Waals surface area contributed by atoms with Crippen LogP contribution in [0, 0.1) is 0 Å². The highest BCUT2D eigenvalue weighted by Gasteiger charge is 2.20. The third-order valence-corrected chi connectivity index (χ3v) is 3.78. The van der Waals surface area contributed by atoms with Gasteiger partial charge in [0.2, 0.25) is 11.8 Å². The summed E-state index contributed by atoms with van der Waals surface area (Å²) in [7, 11) is 0. The highest BCUT2D eigenvalue weighted by atomic mass is 16.5. The number of fused-ring (bicyclic) bond motifs is 1. The summed E-state index contributed by atoms with van der Waals surface area (Å²) >= 11 is 0. The molecule has 0 aliphatic heterocycles. The van der Waals surface area contributed by atoms with Gasteiger partial charge in [0.25, 0.3) is 5.56 Å². The van der Waals surface area contributed by atoms with E-state index in [-0.39, 0.29) is 19.6 Å². The molecule has 1 aromatic carbocycles. The van der Waals surface area contributed by atoms with Crippen LogP contribution in [-0.2, 0) is 25.7 Å². The van der Waals surface area contributed by atoms with Crippen LogP contribution in [0.5, 0.6) is 0 Å². The van der Waals surface area contributed by atoms with Crippen LogP contribution in [0.4, 0.5) is 0 Å². The lowest BCUT2D eigenvalue weighted by Crippen LogP contribution is -2.42. The number of nitrogens with one attached hydrogen (secondary N) is 1. The Morgan fingerprint density at radius 3 is 2.56 bits per heavy atom. The number of aromatic nitrogens is 2. The number of rotatable bonds is 8. The molecule has 2 rings (SSSR count). The molecule has 27 heavy (non-hydrogen) atoms. The second-order valence-electron chi connectivity index (χ2n) is 5.70. The third kappa shape index (κ3) is 5.03. The molecule has 0 atom stereocenters. The molecule has 144 valence electrons. The number of primary amides is 1. The number of H-pyrrole nitrogens is 1. The Labute approximate surface area is 153 Å². The van der Waals surface area contributed by atoms with Crippen molar-refractivity contribution in [3.05, 3.63) is 45.1 Å². The molecule has 2 amide bonds. The third-order valence-electron chi connectivity index (χ3n) is 3.78. The van der Waals surface area contributed by atoms with Gasteiger partial charge in [-0.2, -0.15) is 0 Å². The van der Waals surface area contributed by atoms with E-state index in [9.17, 15) is 24.0 Å². The smallest absolute Gasteiger partial charge is 0.328 e. The molecule has 0 aliphatic rings. The van der Waals surface area contributed by atoms with Crippen molar-refractivity contribution in [2.45, 2.75) is 19.9 Å². The Balaban J connectivity index is 2.21. The Hall–Kier alpha value is -3.43. The number of carbonyl (C=O) groups is 3. The molecular weight excluding hydrogens is 356 g/mol. The lowest BCUT2D eigenvalue weighted by molar-refractivity contribution is -0.149. The number of amides is 2. The van der Waals surface area contributed by atoms with Crippen molar-refractivity contribution in [1.82, 2.24) is 14.5 Å². The SMILES string of the molecule is CCOC(=O)CN(CC(N)=O)C(=O)CCn1c(=O)[nH]c(=O)c2ccccc21. The fourth-order valence-electron chi connectivity index (χ4n) is 2.61. The molecule has 10 heteroatoms. The topological polar surface area (TPSA) is 145 Å². The monoisotopic (exact) mass is 376 g/mol. The van der Waals surface area contributed by atoms with Gasteiger partial charge in [0, 0.05) is 13.0 Å². The molecule has 0 saturated heterocycles. The quantitative estimate of drug-likeness (QED) is 0.563. The average molecular weight is 376 g/mol. The maximum Gasteiger partial charge on any atom is 0.328 e. The maximum absolute atomic E-state index is 12.4. The van der Waals surface area contributed by atoms with Gasteiger partial charge in [-0.25, -0.2) is 4.79 Å². The van der Waals surface area contributed by atoms with Crippen LogP contribution < -0.4 is 17.0 Å². The minimum atomic E-state index is -0.778. The number of hydrogen-bond acceptors (Lipinski definition) is 6. The first-order valence-corrected chi connectivity index (χ1v) is 8.27. The highest BCUT2D eigenvalue weighted by molar-refractivity contribution is 5.87. The van der Waals surface area contributed by atoms with Crippen molar-refractivity contribution in [3.63, 3.8) is 0 Å². The number of aromatic amines is 1. The summed E-state index contributed by atoms with van der Waals surface area (Å²) in [6.45, 7) is 0.838. The van der Waals surface area contributed by atoms with Crippen molar-refractivity contribution < 1.29 is 19.1 Å². The van der Waals surface area contributed by atoms with Crippen LogP contribution in [-0.4, -0.2) is 51.9 Å². The zero-order valence-electron chi connectivity index (χ0n) is 14.8. The van der Waals surface area contributed by atoms with Gasteiger partial charge in [-0.1, -0.05) is 12.1 Å². The molecule has 0 fully saturated rings. The first-order chi connectivity index (χ1) is 12.8. The van der Waals surface area contributed by atoms with Crippen LogP contribution in [0.3, 0.4) is 0 Å². The summed E-state index contributed by atoms with van der Waals surface area (Å²) in [5.41, 5.74) is 4.33. The molecule has 10 nitrogen and oxygen atoms in total. The van der Waals surface area contributed by atoms with E-state index in [1.807, 2.05) is 0 Å². The fourth-order valence-corrected chi connectivity index (χ4v) is 2.61. The Morgan fingerprint density at radius 2 is 1.89 bits per heavy atom. The van der Waals surface area contributed by atoms with Gasteiger partial charge < -0.3 is 15.4 Å². The van der Waals surface area contributed by atoms with E-state index < -0.39 is 42.1 Å². The van der Waals surface area contributed by atoms with Crippen molar-refractivity contribution in [3.8, 4) is 0 Å². The standard InChI is InChI=1S/C17H20N4O6/c1-2-27-15(24)10-20(9-13(18)22)14(23)7-8-21-12-6-4-3-5-11(12)16(25)19-17(21)26/h3-6H,2,7-10H2,1H3,(H2,18,22)(H,19,25,26). The molecule has 3 N–H and O–H groups in total. The molecule has 0 saturated carbocycles. The Morgan fingerprint density at radius 1 is 1.19 bits per heavy atom.